The van der Waals surface area contributed by atoms with E-state index in [0.717, 1.165) is 42.9 Å². The number of ether oxygens (including phenoxy) is 1. The van der Waals surface area contributed by atoms with Crippen LogP contribution in [0, 0.1) is 13.8 Å². The van der Waals surface area contributed by atoms with Crippen LogP contribution in [-0.2, 0) is 4.74 Å². The molecule has 1 unspecified atom stereocenters. The smallest absolute Gasteiger partial charge is 0.108 e. The summed E-state index contributed by atoms with van der Waals surface area (Å²) in [5.74, 6) is 1.05. The molecule has 1 fully saturated rings. The summed E-state index contributed by atoms with van der Waals surface area (Å²) in [5, 5.41) is 1.19. The molecule has 4 nitrogen and oxygen atoms in total. The second-order valence-corrected chi connectivity index (χ2v) is 5.91. The molecule has 0 bridgehead atoms. The second kappa shape index (κ2) is 6.67. The van der Waals surface area contributed by atoms with Crippen LogP contribution < -0.4 is 0 Å². The molecule has 1 saturated heterocycles. The van der Waals surface area contributed by atoms with Crippen molar-refractivity contribution in [3.8, 4) is 0 Å². The Bertz CT molecular complexity index is 816. The van der Waals surface area contributed by atoms with Crippen LogP contribution in [0.4, 0.5) is 0 Å². The third-order valence-electron chi connectivity index (χ3n) is 4.35. The van der Waals surface area contributed by atoms with Crippen LogP contribution in [0.15, 0.2) is 24.4 Å². The lowest BCUT2D eigenvalue weighted by Crippen LogP contribution is -2.22. The average molecular weight is 311 g/mol. The molecule has 1 aromatic carbocycles. The van der Waals surface area contributed by atoms with Crippen molar-refractivity contribution in [2.45, 2.75) is 46.6 Å². The zero-order chi connectivity index (χ0) is 16.4. The number of benzene rings is 1. The molecule has 0 aliphatic carbocycles. The predicted molar refractivity (Wildman–Crippen MR) is 94.9 cm³/mol. The molecular formula is C19H25N3O. The zero-order valence-electron chi connectivity index (χ0n) is 14.5. The van der Waals surface area contributed by atoms with Gasteiger partial charge >= 0.3 is 0 Å². The normalized spacial score (nSPS) is 18.0. The molecular weight excluding hydrogens is 286 g/mol. The Morgan fingerprint density at radius 1 is 1.17 bits per heavy atom. The quantitative estimate of drug-likeness (QED) is 0.660. The van der Waals surface area contributed by atoms with Gasteiger partial charge in [0.25, 0.3) is 0 Å². The maximum Gasteiger partial charge on any atom is 0.108 e. The first kappa shape index (κ1) is 15.9. The third kappa shape index (κ3) is 2.83. The fraction of sp³-hybridized carbons (Fsp3) is 0.474. The SMILES string of the molecule is CC.Cc1ccc2ncc3nc(C)n(C4CCCOC4)c3c2c1. The van der Waals surface area contributed by atoms with Crippen molar-refractivity contribution in [3.63, 3.8) is 0 Å². The van der Waals surface area contributed by atoms with Crippen LogP contribution in [0.2, 0.25) is 0 Å². The highest BCUT2D eigenvalue weighted by Crippen LogP contribution is 2.31. The minimum atomic E-state index is 0.384. The minimum Gasteiger partial charge on any atom is -0.379 e. The molecule has 3 heterocycles. The van der Waals surface area contributed by atoms with Crippen molar-refractivity contribution in [1.29, 1.82) is 0 Å². The molecule has 2 aromatic heterocycles. The maximum atomic E-state index is 5.68. The molecule has 1 aliphatic heterocycles. The highest BCUT2D eigenvalue weighted by atomic mass is 16.5. The summed E-state index contributed by atoms with van der Waals surface area (Å²) in [6, 6.07) is 6.80. The van der Waals surface area contributed by atoms with Gasteiger partial charge in [0, 0.05) is 12.0 Å². The Morgan fingerprint density at radius 3 is 2.74 bits per heavy atom. The van der Waals surface area contributed by atoms with E-state index in [4.69, 9.17) is 9.72 Å². The van der Waals surface area contributed by atoms with Gasteiger partial charge in [0.2, 0.25) is 0 Å². The summed E-state index contributed by atoms with van der Waals surface area (Å²) in [4.78, 5) is 9.26. The second-order valence-electron chi connectivity index (χ2n) is 5.91. The molecule has 0 N–H and O–H groups in total. The monoisotopic (exact) mass is 311 g/mol. The molecule has 0 radical (unpaired) electrons. The lowest BCUT2D eigenvalue weighted by atomic mass is 10.1. The van der Waals surface area contributed by atoms with Gasteiger partial charge < -0.3 is 9.30 Å². The first-order chi connectivity index (χ1) is 11.2. The molecule has 1 atom stereocenters. The summed E-state index contributed by atoms with van der Waals surface area (Å²) >= 11 is 0. The van der Waals surface area contributed by atoms with E-state index >= 15 is 0 Å². The van der Waals surface area contributed by atoms with Crippen molar-refractivity contribution in [1.82, 2.24) is 14.5 Å². The number of hydrogen-bond donors (Lipinski definition) is 0. The van der Waals surface area contributed by atoms with Gasteiger partial charge in [0.15, 0.2) is 0 Å². The molecule has 0 spiro atoms. The van der Waals surface area contributed by atoms with Crippen molar-refractivity contribution in [2.24, 2.45) is 0 Å². The van der Waals surface area contributed by atoms with E-state index in [1.54, 1.807) is 0 Å². The van der Waals surface area contributed by atoms with Gasteiger partial charge in [-0.1, -0.05) is 25.5 Å². The number of pyridine rings is 1. The van der Waals surface area contributed by atoms with Crippen molar-refractivity contribution < 1.29 is 4.74 Å². The lowest BCUT2D eigenvalue weighted by Gasteiger charge is -2.25. The van der Waals surface area contributed by atoms with E-state index in [9.17, 15) is 0 Å². The van der Waals surface area contributed by atoms with Gasteiger partial charge in [-0.2, -0.15) is 0 Å². The Balaban J connectivity index is 0.000000753. The summed E-state index contributed by atoms with van der Waals surface area (Å²) in [6.07, 6.45) is 4.16. The van der Waals surface area contributed by atoms with Gasteiger partial charge in [0.1, 0.15) is 11.3 Å². The van der Waals surface area contributed by atoms with Gasteiger partial charge in [-0.05, 0) is 38.8 Å². The van der Waals surface area contributed by atoms with Crippen LogP contribution in [0.3, 0.4) is 0 Å². The number of nitrogens with zero attached hydrogens (tertiary/aromatic N) is 3. The predicted octanol–water partition coefficient (Wildman–Crippen LogP) is 4.58. The maximum absolute atomic E-state index is 5.68. The number of imidazole rings is 1. The van der Waals surface area contributed by atoms with Gasteiger partial charge in [-0.3, -0.25) is 4.98 Å². The largest absolute Gasteiger partial charge is 0.379 e. The van der Waals surface area contributed by atoms with Gasteiger partial charge in [-0.25, -0.2) is 4.98 Å². The Morgan fingerprint density at radius 2 is 2.00 bits per heavy atom. The summed E-state index contributed by atoms with van der Waals surface area (Å²) in [6.45, 7) is 9.86. The van der Waals surface area contributed by atoms with E-state index in [0.29, 0.717) is 6.04 Å². The Hall–Kier alpha value is -1.94. The Kier molecular flexibility index (Phi) is 4.62. The van der Waals surface area contributed by atoms with Crippen LogP contribution >= 0.6 is 0 Å². The molecule has 1 aliphatic rings. The molecule has 4 rings (SSSR count). The first-order valence-electron chi connectivity index (χ1n) is 8.55. The number of rotatable bonds is 1. The fourth-order valence-corrected chi connectivity index (χ4v) is 3.38. The molecule has 122 valence electrons. The van der Waals surface area contributed by atoms with Crippen LogP contribution in [0.5, 0.6) is 0 Å². The highest BCUT2D eigenvalue weighted by molar-refractivity contribution is 6.02. The number of hydrogen-bond acceptors (Lipinski definition) is 3. The summed E-state index contributed by atoms with van der Waals surface area (Å²) < 4.78 is 8.04. The number of aromatic nitrogens is 3. The third-order valence-corrected chi connectivity index (χ3v) is 4.35. The average Bonchev–Trinajstić information content (AvgIpc) is 2.94. The molecule has 0 saturated carbocycles. The number of aryl methyl sites for hydroxylation is 2. The van der Waals surface area contributed by atoms with Crippen molar-refractivity contribution in [3.05, 3.63) is 35.8 Å². The molecule has 0 amide bonds. The topological polar surface area (TPSA) is 39.9 Å². The van der Waals surface area contributed by atoms with E-state index < -0.39 is 0 Å². The summed E-state index contributed by atoms with van der Waals surface area (Å²) in [5.41, 5.74) is 4.47. The van der Waals surface area contributed by atoms with Crippen molar-refractivity contribution >= 4 is 21.9 Å². The van der Waals surface area contributed by atoms with Gasteiger partial charge in [-0.15, -0.1) is 0 Å². The van der Waals surface area contributed by atoms with E-state index in [1.807, 2.05) is 20.0 Å². The van der Waals surface area contributed by atoms with Crippen molar-refractivity contribution in [2.75, 3.05) is 13.2 Å². The van der Waals surface area contributed by atoms with E-state index in [2.05, 4.69) is 41.6 Å². The Labute approximate surface area is 137 Å². The molecule has 3 aromatic rings. The van der Waals surface area contributed by atoms with Crippen LogP contribution in [0.1, 0.15) is 44.1 Å². The summed E-state index contributed by atoms with van der Waals surface area (Å²) in [7, 11) is 0. The van der Waals surface area contributed by atoms with E-state index in [-0.39, 0.29) is 0 Å². The highest BCUT2D eigenvalue weighted by Gasteiger charge is 2.21. The van der Waals surface area contributed by atoms with Crippen LogP contribution in [-0.4, -0.2) is 27.7 Å². The van der Waals surface area contributed by atoms with Crippen LogP contribution in [0.25, 0.3) is 21.9 Å². The zero-order valence-corrected chi connectivity index (χ0v) is 14.5. The standard InChI is InChI=1S/C17H19N3O.C2H6/c1-11-5-6-15-14(8-11)17-16(9-18-15)19-12(2)20(17)13-4-3-7-21-10-13;1-2/h5-6,8-9,13H,3-4,7,10H2,1-2H3;1-2H3. The first-order valence-corrected chi connectivity index (χ1v) is 8.55. The minimum absolute atomic E-state index is 0.384. The van der Waals surface area contributed by atoms with Gasteiger partial charge in [0.05, 0.1) is 29.9 Å². The van der Waals surface area contributed by atoms with E-state index in [1.165, 1.54) is 16.5 Å². The number of fused-ring (bicyclic) bond motifs is 3. The lowest BCUT2D eigenvalue weighted by molar-refractivity contribution is 0.0599. The fourth-order valence-electron chi connectivity index (χ4n) is 3.38. The molecule has 23 heavy (non-hydrogen) atoms. The molecule has 4 heteroatoms.